The number of unbranched alkanes of at least 4 members (excludes halogenated alkanes) is 3. The fourth-order valence-corrected chi connectivity index (χ4v) is 2.97. The molecule has 19 heavy (non-hydrogen) atoms. The molecule has 0 fully saturated rings. The van der Waals surface area contributed by atoms with Crippen LogP contribution in [0.15, 0.2) is 18.7 Å². The minimum Gasteiger partial charge on any atom is -0.334 e. The van der Waals surface area contributed by atoms with E-state index in [0.29, 0.717) is 6.04 Å². The molecule has 1 unspecified atom stereocenters. The minimum atomic E-state index is 0.667. The van der Waals surface area contributed by atoms with Crippen LogP contribution in [0.5, 0.6) is 0 Å². The van der Waals surface area contributed by atoms with E-state index in [1.54, 1.807) is 0 Å². The fourth-order valence-electron chi connectivity index (χ4n) is 2.97. The predicted octanol–water partition coefficient (Wildman–Crippen LogP) is 5.61. The van der Waals surface area contributed by atoms with Gasteiger partial charge in [0.15, 0.2) is 0 Å². The summed E-state index contributed by atoms with van der Waals surface area (Å²) in [5, 5.41) is 0. The molecule has 0 amide bonds. The van der Waals surface area contributed by atoms with Gasteiger partial charge < -0.3 is 4.57 Å². The second kappa shape index (κ2) is 10.1. The van der Waals surface area contributed by atoms with Crippen LogP contribution >= 0.6 is 0 Å². The van der Waals surface area contributed by atoms with Crippen molar-refractivity contribution in [1.29, 1.82) is 0 Å². The largest absolute Gasteiger partial charge is 0.334 e. The molecule has 0 aliphatic heterocycles. The molecule has 0 saturated carbocycles. The third kappa shape index (κ3) is 5.80. The average Bonchev–Trinajstić information content (AvgIpc) is 2.95. The van der Waals surface area contributed by atoms with E-state index in [1.165, 1.54) is 57.8 Å². The van der Waals surface area contributed by atoms with E-state index in [2.05, 4.69) is 36.5 Å². The standard InChI is InChI=1S/C17H32N2/c1-4-7-10-16(11-8-5-2)17(12-9-6-3)19-14-13-18-15-19/h13-17H,4-12H2,1-3H3. The molecule has 0 N–H and O–H groups in total. The highest BCUT2D eigenvalue weighted by atomic mass is 15.1. The van der Waals surface area contributed by atoms with E-state index in [1.807, 2.05) is 12.5 Å². The summed E-state index contributed by atoms with van der Waals surface area (Å²) in [6.45, 7) is 6.89. The average molecular weight is 264 g/mol. The van der Waals surface area contributed by atoms with Gasteiger partial charge in [-0.1, -0.05) is 59.3 Å². The maximum absolute atomic E-state index is 4.26. The zero-order chi connectivity index (χ0) is 13.9. The van der Waals surface area contributed by atoms with E-state index in [0.717, 1.165) is 5.92 Å². The highest BCUT2D eigenvalue weighted by Gasteiger charge is 2.21. The van der Waals surface area contributed by atoms with Crippen molar-refractivity contribution in [3.63, 3.8) is 0 Å². The van der Waals surface area contributed by atoms with Crippen molar-refractivity contribution in [2.75, 3.05) is 0 Å². The molecule has 0 aliphatic rings. The molecule has 1 rings (SSSR count). The molecule has 2 heteroatoms. The van der Waals surface area contributed by atoms with Crippen molar-refractivity contribution in [3.05, 3.63) is 18.7 Å². The lowest BCUT2D eigenvalue weighted by molar-refractivity contribution is 0.261. The molecule has 1 atom stereocenters. The Kier molecular flexibility index (Phi) is 8.61. The first-order valence-electron chi connectivity index (χ1n) is 8.30. The van der Waals surface area contributed by atoms with Crippen LogP contribution in [0, 0.1) is 5.92 Å². The second-order valence-corrected chi connectivity index (χ2v) is 5.76. The van der Waals surface area contributed by atoms with Crippen LogP contribution in [0.25, 0.3) is 0 Å². The van der Waals surface area contributed by atoms with Crippen molar-refractivity contribution in [2.24, 2.45) is 5.92 Å². The molecule has 0 radical (unpaired) electrons. The summed E-state index contributed by atoms with van der Waals surface area (Å²) < 4.78 is 2.37. The second-order valence-electron chi connectivity index (χ2n) is 5.76. The zero-order valence-corrected chi connectivity index (χ0v) is 13.1. The van der Waals surface area contributed by atoms with Gasteiger partial charge in [-0.05, 0) is 25.2 Å². The van der Waals surface area contributed by atoms with Gasteiger partial charge in [-0.2, -0.15) is 0 Å². The molecule has 110 valence electrons. The Labute approximate surface area is 119 Å². The Balaban J connectivity index is 2.70. The number of nitrogens with zero attached hydrogens (tertiary/aromatic N) is 2. The quantitative estimate of drug-likeness (QED) is 0.508. The molecular weight excluding hydrogens is 232 g/mol. The van der Waals surface area contributed by atoms with E-state index in [-0.39, 0.29) is 0 Å². The van der Waals surface area contributed by atoms with Crippen molar-refractivity contribution in [3.8, 4) is 0 Å². The van der Waals surface area contributed by atoms with Gasteiger partial charge in [-0.3, -0.25) is 0 Å². The van der Waals surface area contributed by atoms with Crippen LogP contribution in [0.3, 0.4) is 0 Å². The summed E-state index contributed by atoms with van der Waals surface area (Å²) in [5.41, 5.74) is 0. The topological polar surface area (TPSA) is 17.8 Å². The Morgan fingerprint density at radius 2 is 1.47 bits per heavy atom. The van der Waals surface area contributed by atoms with Crippen molar-refractivity contribution in [2.45, 2.75) is 84.6 Å². The van der Waals surface area contributed by atoms with Gasteiger partial charge in [0.1, 0.15) is 0 Å². The first-order chi connectivity index (χ1) is 9.33. The lowest BCUT2D eigenvalue weighted by Gasteiger charge is -2.28. The number of hydrogen-bond donors (Lipinski definition) is 0. The van der Waals surface area contributed by atoms with Gasteiger partial charge in [0.2, 0.25) is 0 Å². The molecule has 0 saturated heterocycles. The normalized spacial score (nSPS) is 13.1. The van der Waals surface area contributed by atoms with Crippen LogP contribution in [0.4, 0.5) is 0 Å². The Bertz CT molecular complexity index is 284. The van der Waals surface area contributed by atoms with Crippen molar-refractivity contribution >= 4 is 0 Å². The SMILES string of the molecule is CCCCC(CCCC)C(CCCC)n1ccnc1. The van der Waals surface area contributed by atoms with Gasteiger partial charge in [0, 0.05) is 18.4 Å². The van der Waals surface area contributed by atoms with Crippen LogP contribution in [0.2, 0.25) is 0 Å². The van der Waals surface area contributed by atoms with Gasteiger partial charge in [-0.15, -0.1) is 0 Å². The third-order valence-corrected chi connectivity index (χ3v) is 4.16. The van der Waals surface area contributed by atoms with Gasteiger partial charge in [-0.25, -0.2) is 4.98 Å². The molecule has 0 bridgehead atoms. The first-order valence-corrected chi connectivity index (χ1v) is 8.30. The van der Waals surface area contributed by atoms with Crippen LogP contribution < -0.4 is 0 Å². The minimum absolute atomic E-state index is 0.667. The summed E-state index contributed by atoms with van der Waals surface area (Å²) in [6.07, 6.45) is 18.2. The summed E-state index contributed by atoms with van der Waals surface area (Å²) in [7, 11) is 0. The summed E-state index contributed by atoms with van der Waals surface area (Å²) in [5.74, 6) is 0.834. The van der Waals surface area contributed by atoms with Crippen LogP contribution in [-0.4, -0.2) is 9.55 Å². The molecule has 0 aromatic carbocycles. The molecular formula is C17H32N2. The number of aromatic nitrogens is 2. The van der Waals surface area contributed by atoms with Crippen LogP contribution in [-0.2, 0) is 0 Å². The van der Waals surface area contributed by atoms with Crippen molar-refractivity contribution in [1.82, 2.24) is 9.55 Å². The van der Waals surface area contributed by atoms with E-state index >= 15 is 0 Å². The van der Waals surface area contributed by atoms with Gasteiger partial charge >= 0.3 is 0 Å². The Morgan fingerprint density at radius 1 is 0.895 bits per heavy atom. The zero-order valence-electron chi connectivity index (χ0n) is 13.1. The smallest absolute Gasteiger partial charge is 0.0948 e. The molecule has 0 spiro atoms. The summed E-state index contributed by atoms with van der Waals surface area (Å²) in [6, 6.07) is 0.667. The fraction of sp³-hybridized carbons (Fsp3) is 0.824. The number of hydrogen-bond acceptors (Lipinski definition) is 1. The Hall–Kier alpha value is -0.790. The van der Waals surface area contributed by atoms with E-state index in [9.17, 15) is 0 Å². The van der Waals surface area contributed by atoms with Gasteiger partial charge in [0.05, 0.1) is 6.33 Å². The third-order valence-electron chi connectivity index (χ3n) is 4.16. The lowest BCUT2D eigenvalue weighted by Crippen LogP contribution is -2.19. The number of rotatable bonds is 11. The highest BCUT2D eigenvalue weighted by molar-refractivity contribution is 4.84. The molecule has 1 aromatic heterocycles. The maximum atomic E-state index is 4.26. The lowest BCUT2D eigenvalue weighted by atomic mass is 9.86. The Morgan fingerprint density at radius 3 is 1.95 bits per heavy atom. The molecule has 2 nitrogen and oxygen atoms in total. The molecule has 1 heterocycles. The summed E-state index contributed by atoms with van der Waals surface area (Å²) in [4.78, 5) is 4.26. The van der Waals surface area contributed by atoms with Crippen LogP contribution in [0.1, 0.15) is 84.6 Å². The predicted molar refractivity (Wildman–Crippen MR) is 83.3 cm³/mol. The van der Waals surface area contributed by atoms with Crippen molar-refractivity contribution < 1.29 is 0 Å². The summed E-state index contributed by atoms with van der Waals surface area (Å²) >= 11 is 0. The van der Waals surface area contributed by atoms with E-state index in [4.69, 9.17) is 0 Å². The monoisotopic (exact) mass is 264 g/mol. The number of imidazole rings is 1. The highest BCUT2D eigenvalue weighted by Crippen LogP contribution is 2.32. The van der Waals surface area contributed by atoms with E-state index < -0.39 is 0 Å². The molecule has 1 aromatic rings. The maximum Gasteiger partial charge on any atom is 0.0948 e. The molecule has 0 aliphatic carbocycles. The first kappa shape index (κ1) is 16.3. The van der Waals surface area contributed by atoms with Gasteiger partial charge in [0.25, 0.3) is 0 Å².